The van der Waals surface area contributed by atoms with Gasteiger partial charge in [-0.05, 0) is 53.2 Å². The summed E-state index contributed by atoms with van der Waals surface area (Å²) in [5, 5.41) is 13.4. The number of tetrazole rings is 1. The van der Waals surface area contributed by atoms with E-state index in [-0.39, 0.29) is 5.56 Å². The fourth-order valence-electron chi connectivity index (χ4n) is 2.49. The van der Waals surface area contributed by atoms with Crippen LogP contribution < -0.4 is 5.32 Å². The number of aromatic nitrogens is 4. The van der Waals surface area contributed by atoms with E-state index in [4.69, 9.17) is 9.47 Å². The number of benzene rings is 2. The van der Waals surface area contributed by atoms with E-state index in [2.05, 4.69) is 20.8 Å². The van der Waals surface area contributed by atoms with Crippen molar-refractivity contribution in [1.82, 2.24) is 20.2 Å². The van der Waals surface area contributed by atoms with Crippen LogP contribution in [0.15, 0.2) is 54.9 Å². The Morgan fingerprint density at radius 1 is 1.00 bits per heavy atom. The number of esters is 2. The van der Waals surface area contributed by atoms with Gasteiger partial charge in [0.1, 0.15) is 6.33 Å². The molecule has 0 aliphatic carbocycles. The molecule has 0 spiro atoms. The van der Waals surface area contributed by atoms with Crippen molar-refractivity contribution in [2.24, 2.45) is 0 Å². The lowest BCUT2D eigenvalue weighted by atomic mass is 10.2. The summed E-state index contributed by atoms with van der Waals surface area (Å²) in [6.45, 7) is 1.77. The lowest BCUT2D eigenvalue weighted by Gasteiger charge is -2.09. The Hall–Kier alpha value is -4.08. The average molecular weight is 409 g/mol. The topological polar surface area (TPSA) is 125 Å². The molecule has 0 saturated heterocycles. The lowest BCUT2D eigenvalue weighted by molar-refractivity contribution is -0.119. The highest BCUT2D eigenvalue weighted by molar-refractivity contribution is 5.97. The van der Waals surface area contributed by atoms with Gasteiger partial charge in [-0.1, -0.05) is 19.1 Å². The first kappa shape index (κ1) is 20.6. The normalized spacial score (nSPS) is 10.3. The summed E-state index contributed by atoms with van der Waals surface area (Å²) in [4.78, 5) is 36.3. The van der Waals surface area contributed by atoms with Gasteiger partial charge in [0.05, 0.1) is 23.4 Å². The summed E-state index contributed by atoms with van der Waals surface area (Å²) in [5.74, 6) is -1.64. The predicted octanol–water partition coefficient (Wildman–Crippen LogP) is 2.02. The first-order chi connectivity index (χ1) is 14.6. The summed E-state index contributed by atoms with van der Waals surface area (Å²) < 4.78 is 11.5. The van der Waals surface area contributed by atoms with E-state index < -0.39 is 24.5 Å². The van der Waals surface area contributed by atoms with Crippen LogP contribution in [-0.4, -0.2) is 51.3 Å². The van der Waals surface area contributed by atoms with Crippen molar-refractivity contribution in [2.45, 2.75) is 13.3 Å². The Kier molecular flexibility index (Phi) is 6.83. The molecule has 1 aromatic heterocycles. The minimum atomic E-state index is -0.690. The number of carbonyl (C=O) groups excluding carboxylic acids is 3. The van der Waals surface area contributed by atoms with Crippen LogP contribution in [0.25, 0.3) is 5.69 Å². The van der Waals surface area contributed by atoms with Crippen molar-refractivity contribution in [1.29, 1.82) is 0 Å². The van der Waals surface area contributed by atoms with Crippen molar-refractivity contribution in [3.8, 4) is 5.69 Å². The van der Waals surface area contributed by atoms with Crippen LogP contribution >= 0.6 is 0 Å². The van der Waals surface area contributed by atoms with Gasteiger partial charge in [0.25, 0.3) is 5.91 Å². The number of carbonyl (C=O) groups is 3. The molecule has 154 valence electrons. The van der Waals surface area contributed by atoms with Crippen LogP contribution in [0.3, 0.4) is 0 Å². The zero-order chi connectivity index (χ0) is 21.3. The third-order valence-electron chi connectivity index (χ3n) is 3.90. The second kappa shape index (κ2) is 9.92. The van der Waals surface area contributed by atoms with Crippen LogP contribution in [0.1, 0.15) is 34.1 Å². The third kappa shape index (κ3) is 5.25. The zero-order valence-corrected chi connectivity index (χ0v) is 16.1. The van der Waals surface area contributed by atoms with E-state index in [1.807, 2.05) is 6.92 Å². The molecular weight excluding hydrogens is 390 g/mol. The second-order valence-corrected chi connectivity index (χ2v) is 6.11. The van der Waals surface area contributed by atoms with Gasteiger partial charge in [-0.25, -0.2) is 9.59 Å². The maximum absolute atomic E-state index is 12.4. The highest BCUT2D eigenvalue weighted by Crippen LogP contribution is 2.14. The molecule has 10 nitrogen and oxygen atoms in total. The average Bonchev–Trinajstić information content (AvgIpc) is 3.31. The van der Waals surface area contributed by atoms with Crippen molar-refractivity contribution in [3.63, 3.8) is 0 Å². The molecule has 0 unspecified atom stereocenters. The number of rotatable bonds is 8. The van der Waals surface area contributed by atoms with Gasteiger partial charge < -0.3 is 14.8 Å². The second-order valence-electron chi connectivity index (χ2n) is 6.11. The number of nitrogens with zero attached hydrogens (tertiary/aromatic N) is 4. The third-order valence-corrected chi connectivity index (χ3v) is 3.90. The van der Waals surface area contributed by atoms with Crippen molar-refractivity contribution in [3.05, 3.63) is 66.0 Å². The summed E-state index contributed by atoms with van der Waals surface area (Å²) >= 11 is 0. The molecule has 0 bridgehead atoms. The van der Waals surface area contributed by atoms with Gasteiger partial charge in [-0.3, -0.25) is 4.79 Å². The Balaban J connectivity index is 1.55. The summed E-state index contributed by atoms with van der Waals surface area (Å²) in [5.41, 5.74) is 1.48. The fraction of sp³-hybridized carbons (Fsp3) is 0.200. The monoisotopic (exact) mass is 409 g/mol. The summed E-state index contributed by atoms with van der Waals surface area (Å²) in [6, 6.07) is 12.8. The number of para-hydroxylation sites is 1. The Labute approximate surface area is 171 Å². The molecule has 0 atom stereocenters. The quantitative estimate of drug-likeness (QED) is 0.560. The van der Waals surface area contributed by atoms with Gasteiger partial charge >= 0.3 is 11.9 Å². The van der Waals surface area contributed by atoms with Gasteiger partial charge in [-0.2, -0.15) is 4.68 Å². The molecule has 0 aliphatic heterocycles. The smallest absolute Gasteiger partial charge is 0.340 e. The van der Waals surface area contributed by atoms with E-state index in [0.29, 0.717) is 23.5 Å². The van der Waals surface area contributed by atoms with Gasteiger partial charge in [0.15, 0.2) is 6.61 Å². The minimum absolute atomic E-state index is 0.215. The molecule has 1 heterocycles. The minimum Gasteiger partial charge on any atom is -0.462 e. The maximum Gasteiger partial charge on any atom is 0.340 e. The van der Waals surface area contributed by atoms with E-state index >= 15 is 0 Å². The molecule has 30 heavy (non-hydrogen) atoms. The molecule has 0 aliphatic rings. The molecule has 2 aromatic carbocycles. The Bertz CT molecular complexity index is 1020. The van der Waals surface area contributed by atoms with Crippen LogP contribution in [0.5, 0.6) is 0 Å². The fourth-order valence-corrected chi connectivity index (χ4v) is 2.49. The number of hydrogen-bond donors (Lipinski definition) is 1. The number of ether oxygens (including phenoxy) is 2. The van der Waals surface area contributed by atoms with Crippen molar-refractivity contribution in [2.75, 3.05) is 18.5 Å². The molecule has 0 fully saturated rings. The maximum atomic E-state index is 12.4. The van der Waals surface area contributed by atoms with Gasteiger partial charge in [0.2, 0.25) is 0 Å². The molecule has 1 amide bonds. The van der Waals surface area contributed by atoms with Gasteiger partial charge in [-0.15, -0.1) is 5.10 Å². The number of anilines is 1. The molecule has 1 N–H and O–H groups in total. The summed E-state index contributed by atoms with van der Waals surface area (Å²) in [7, 11) is 0. The molecule has 10 heteroatoms. The number of amides is 1. The first-order valence-electron chi connectivity index (χ1n) is 9.15. The highest BCUT2D eigenvalue weighted by Gasteiger charge is 2.16. The van der Waals surface area contributed by atoms with E-state index in [9.17, 15) is 14.4 Å². The lowest BCUT2D eigenvalue weighted by Crippen LogP contribution is -2.21. The van der Waals surface area contributed by atoms with Crippen molar-refractivity contribution >= 4 is 23.5 Å². The van der Waals surface area contributed by atoms with Crippen LogP contribution in [0, 0.1) is 0 Å². The van der Waals surface area contributed by atoms with E-state index in [0.717, 1.165) is 6.42 Å². The van der Waals surface area contributed by atoms with Gasteiger partial charge in [0, 0.05) is 5.69 Å². The first-order valence-corrected chi connectivity index (χ1v) is 9.15. The molecule has 0 radical (unpaired) electrons. The standard InChI is InChI=1S/C20H19N5O5/c1-2-11-29-19(27)14-7-9-15(10-8-14)22-18(26)12-30-20(28)16-5-3-4-6-17(16)25-13-21-23-24-25/h3-10,13H,2,11-12H2,1H3,(H,22,26). The van der Waals surface area contributed by atoms with Crippen LogP contribution in [0.4, 0.5) is 5.69 Å². The van der Waals surface area contributed by atoms with E-state index in [1.54, 1.807) is 48.5 Å². The largest absolute Gasteiger partial charge is 0.462 e. The number of hydrogen-bond acceptors (Lipinski definition) is 8. The highest BCUT2D eigenvalue weighted by atomic mass is 16.5. The predicted molar refractivity (Wildman–Crippen MR) is 105 cm³/mol. The summed E-state index contributed by atoms with van der Waals surface area (Å²) in [6.07, 6.45) is 2.08. The molecule has 0 saturated carbocycles. The molecular formula is C20H19N5O5. The Morgan fingerprint density at radius 3 is 2.47 bits per heavy atom. The number of nitrogens with one attached hydrogen (secondary N) is 1. The van der Waals surface area contributed by atoms with Crippen molar-refractivity contribution < 1.29 is 23.9 Å². The van der Waals surface area contributed by atoms with Crippen LogP contribution in [-0.2, 0) is 14.3 Å². The zero-order valence-electron chi connectivity index (χ0n) is 16.1. The Morgan fingerprint density at radius 2 is 1.77 bits per heavy atom. The van der Waals surface area contributed by atoms with E-state index in [1.165, 1.54) is 11.0 Å². The molecule has 3 rings (SSSR count). The van der Waals surface area contributed by atoms with Crippen LogP contribution in [0.2, 0.25) is 0 Å². The SMILES string of the molecule is CCCOC(=O)c1ccc(NC(=O)COC(=O)c2ccccc2-n2cnnn2)cc1. The molecule has 3 aromatic rings.